The lowest BCUT2D eigenvalue weighted by Gasteiger charge is -2.09. The maximum Gasteiger partial charge on any atom is 0.130 e. The first-order chi connectivity index (χ1) is 7.77. The highest BCUT2D eigenvalue weighted by atomic mass is 79.9. The monoisotopic (exact) mass is 276 g/mol. The van der Waals surface area contributed by atoms with Crippen LogP contribution in [0.3, 0.4) is 0 Å². The fourth-order valence-corrected chi connectivity index (χ4v) is 1.68. The number of aromatic nitrogens is 1. The van der Waals surface area contributed by atoms with Gasteiger partial charge in [0.2, 0.25) is 0 Å². The Labute approximate surface area is 103 Å². The highest BCUT2D eigenvalue weighted by Gasteiger charge is 2.03. The van der Waals surface area contributed by atoms with E-state index in [9.17, 15) is 0 Å². The fraction of sp³-hybridized carbons (Fsp3) is 0.154. The zero-order valence-corrected chi connectivity index (χ0v) is 10.5. The normalized spacial score (nSPS) is 10.1. The smallest absolute Gasteiger partial charge is 0.130 e. The number of pyridine rings is 1. The molecular formula is C13H11BrNO. The molecule has 2 rings (SSSR count). The zero-order chi connectivity index (χ0) is 11.4. The van der Waals surface area contributed by atoms with Crippen molar-refractivity contribution < 1.29 is 4.74 Å². The van der Waals surface area contributed by atoms with Gasteiger partial charge in [-0.05, 0) is 25.1 Å². The van der Waals surface area contributed by atoms with Crippen LogP contribution in [0, 0.1) is 13.0 Å². The first kappa shape index (κ1) is 11.1. The molecule has 0 bridgehead atoms. The molecular weight excluding hydrogens is 266 g/mol. The molecule has 0 aliphatic carbocycles. The van der Waals surface area contributed by atoms with E-state index in [4.69, 9.17) is 4.74 Å². The van der Waals surface area contributed by atoms with Crippen molar-refractivity contribution in [2.45, 2.75) is 13.5 Å². The number of halogens is 1. The van der Waals surface area contributed by atoms with Crippen LogP contribution in [0.2, 0.25) is 0 Å². The van der Waals surface area contributed by atoms with Crippen molar-refractivity contribution in [3.8, 4) is 5.75 Å². The van der Waals surface area contributed by atoms with Crippen molar-refractivity contribution in [1.82, 2.24) is 4.98 Å². The van der Waals surface area contributed by atoms with Gasteiger partial charge in [-0.1, -0.05) is 28.1 Å². The highest BCUT2D eigenvalue weighted by molar-refractivity contribution is 9.10. The molecule has 0 aliphatic rings. The number of rotatable bonds is 3. The Morgan fingerprint density at radius 2 is 2.25 bits per heavy atom. The van der Waals surface area contributed by atoms with Gasteiger partial charge in [-0.3, -0.25) is 4.98 Å². The first-order valence-electron chi connectivity index (χ1n) is 4.96. The van der Waals surface area contributed by atoms with Gasteiger partial charge in [0.25, 0.3) is 0 Å². The van der Waals surface area contributed by atoms with Crippen LogP contribution >= 0.6 is 15.9 Å². The molecule has 81 valence electrons. The molecule has 0 unspecified atom stereocenters. The van der Waals surface area contributed by atoms with Crippen LogP contribution in [0.4, 0.5) is 0 Å². The van der Waals surface area contributed by atoms with Gasteiger partial charge in [-0.15, -0.1) is 0 Å². The van der Waals surface area contributed by atoms with Crippen molar-refractivity contribution in [2.75, 3.05) is 0 Å². The molecule has 16 heavy (non-hydrogen) atoms. The van der Waals surface area contributed by atoms with Crippen LogP contribution in [0.15, 0.2) is 41.0 Å². The van der Waals surface area contributed by atoms with E-state index >= 15 is 0 Å². The number of hydrogen-bond acceptors (Lipinski definition) is 2. The standard InChI is InChI=1S/C13H11BrNO/c1-10-12(14)6-4-7-13(10)16-9-11-5-2-3-8-15-11/h2,4-8H,9H2,1H3. The summed E-state index contributed by atoms with van der Waals surface area (Å²) in [7, 11) is 0. The Bertz CT molecular complexity index is 471. The summed E-state index contributed by atoms with van der Waals surface area (Å²) in [5.41, 5.74) is 2.00. The molecule has 1 aromatic carbocycles. The molecule has 0 saturated carbocycles. The first-order valence-corrected chi connectivity index (χ1v) is 5.75. The van der Waals surface area contributed by atoms with E-state index in [2.05, 4.69) is 27.0 Å². The second kappa shape index (κ2) is 5.12. The summed E-state index contributed by atoms with van der Waals surface area (Å²) < 4.78 is 6.75. The molecule has 1 heterocycles. The number of nitrogens with zero attached hydrogens (tertiary/aromatic N) is 1. The van der Waals surface area contributed by atoms with Crippen molar-refractivity contribution in [3.05, 3.63) is 58.3 Å². The minimum atomic E-state index is 0.478. The largest absolute Gasteiger partial charge is 0.487 e. The lowest BCUT2D eigenvalue weighted by molar-refractivity contribution is 0.299. The molecule has 1 radical (unpaired) electrons. The van der Waals surface area contributed by atoms with Crippen LogP contribution in [-0.4, -0.2) is 4.98 Å². The van der Waals surface area contributed by atoms with Crippen molar-refractivity contribution in [2.24, 2.45) is 0 Å². The van der Waals surface area contributed by atoms with Crippen LogP contribution in [-0.2, 0) is 6.61 Å². The average Bonchev–Trinajstić information content (AvgIpc) is 2.32. The lowest BCUT2D eigenvalue weighted by Crippen LogP contribution is -1.99. The molecule has 2 aromatic rings. The van der Waals surface area contributed by atoms with E-state index in [1.165, 1.54) is 0 Å². The SMILES string of the molecule is Cc1c(Br)cccc1OCc1cc[c]cn1. The second-order valence-electron chi connectivity index (χ2n) is 3.40. The molecule has 1 aromatic heterocycles. The third-order valence-corrected chi connectivity index (χ3v) is 3.13. The minimum absolute atomic E-state index is 0.478. The van der Waals surface area contributed by atoms with Crippen molar-refractivity contribution >= 4 is 15.9 Å². The molecule has 0 fully saturated rings. The minimum Gasteiger partial charge on any atom is -0.487 e. The number of hydrogen-bond donors (Lipinski definition) is 0. The van der Waals surface area contributed by atoms with Gasteiger partial charge >= 0.3 is 0 Å². The van der Waals surface area contributed by atoms with Crippen LogP contribution < -0.4 is 4.74 Å². The quantitative estimate of drug-likeness (QED) is 0.856. The van der Waals surface area contributed by atoms with Gasteiger partial charge in [0.05, 0.1) is 5.69 Å². The molecule has 0 saturated heterocycles. The Kier molecular flexibility index (Phi) is 3.57. The summed E-state index contributed by atoms with van der Waals surface area (Å²) in [6.45, 7) is 2.50. The summed E-state index contributed by atoms with van der Waals surface area (Å²) in [5.74, 6) is 0.879. The average molecular weight is 277 g/mol. The Morgan fingerprint density at radius 3 is 3.00 bits per heavy atom. The van der Waals surface area contributed by atoms with Crippen molar-refractivity contribution in [1.29, 1.82) is 0 Å². The van der Waals surface area contributed by atoms with E-state index < -0.39 is 0 Å². The van der Waals surface area contributed by atoms with Crippen LogP contribution in [0.5, 0.6) is 5.75 Å². The molecule has 0 N–H and O–H groups in total. The maximum absolute atomic E-state index is 5.70. The van der Waals surface area contributed by atoms with E-state index in [1.807, 2.05) is 37.3 Å². The third kappa shape index (κ3) is 2.61. The Morgan fingerprint density at radius 1 is 1.38 bits per heavy atom. The van der Waals surface area contributed by atoms with Gasteiger partial charge in [-0.25, -0.2) is 0 Å². The topological polar surface area (TPSA) is 22.1 Å². The lowest BCUT2D eigenvalue weighted by atomic mass is 10.2. The van der Waals surface area contributed by atoms with E-state index in [0.29, 0.717) is 6.61 Å². The molecule has 0 aliphatic heterocycles. The Hall–Kier alpha value is -1.35. The molecule has 0 atom stereocenters. The van der Waals surface area contributed by atoms with Gasteiger partial charge in [-0.2, -0.15) is 0 Å². The molecule has 2 nitrogen and oxygen atoms in total. The molecule has 0 amide bonds. The fourth-order valence-electron chi connectivity index (χ4n) is 1.33. The number of benzene rings is 1. The number of ether oxygens (including phenoxy) is 1. The maximum atomic E-state index is 5.70. The van der Waals surface area contributed by atoms with Crippen LogP contribution in [0.1, 0.15) is 11.3 Å². The van der Waals surface area contributed by atoms with E-state index in [1.54, 1.807) is 6.20 Å². The predicted molar refractivity (Wildman–Crippen MR) is 66.3 cm³/mol. The van der Waals surface area contributed by atoms with Gasteiger partial charge in [0.1, 0.15) is 12.4 Å². The summed E-state index contributed by atoms with van der Waals surface area (Å²) in [6, 6.07) is 12.5. The summed E-state index contributed by atoms with van der Waals surface area (Å²) in [6.07, 6.45) is 1.65. The van der Waals surface area contributed by atoms with E-state index in [-0.39, 0.29) is 0 Å². The van der Waals surface area contributed by atoms with Gasteiger partial charge in [0.15, 0.2) is 0 Å². The highest BCUT2D eigenvalue weighted by Crippen LogP contribution is 2.25. The Balaban J connectivity index is 2.08. The predicted octanol–water partition coefficient (Wildman–Crippen LogP) is 3.53. The summed E-state index contributed by atoms with van der Waals surface area (Å²) in [5, 5.41) is 0. The van der Waals surface area contributed by atoms with Crippen molar-refractivity contribution in [3.63, 3.8) is 0 Å². The summed E-state index contributed by atoms with van der Waals surface area (Å²) in [4.78, 5) is 4.15. The summed E-state index contributed by atoms with van der Waals surface area (Å²) >= 11 is 3.47. The zero-order valence-electron chi connectivity index (χ0n) is 8.90. The van der Waals surface area contributed by atoms with Gasteiger partial charge in [0, 0.05) is 22.3 Å². The van der Waals surface area contributed by atoms with E-state index in [0.717, 1.165) is 21.5 Å². The second-order valence-corrected chi connectivity index (χ2v) is 4.26. The molecule has 0 spiro atoms. The van der Waals surface area contributed by atoms with Gasteiger partial charge < -0.3 is 4.74 Å². The third-order valence-electron chi connectivity index (χ3n) is 2.27. The van der Waals surface area contributed by atoms with Crippen LogP contribution in [0.25, 0.3) is 0 Å². The molecule has 3 heteroatoms.